The van der Waals surface area contributed by atoms with E-state index in [-0.39, 0.29) is 5.41 Å². The third kappa shape index (κ3) is 4.36. The Morgan fingerprint density at radius 1 is 0.735 bits per heavy atom. The minimum atomic E-state index is -0.237. The van der Waals surface area contributed by atoms with E-state index in [9.17, 15) is 0 Å². The van der Waals surface area contributed by atoms with Crippen LogP contribution in [-0.4, -0.2) is 17.3 Å². The predicted molar refractivity (Wildman–Crippen MR) is 144 cm³/mol. The zero-order valence-electron chi connectivity index (χ0n) is 19.7. The first kappa shape index (κ1) is 22.4. The smallest absolute Gasteiger partial charge is 0.198 e. The van der Waals surface area contributed by atoms with Crippen LogP contribution in [0.4, 0.5) is 5.69 Å². The monoisotopic (exact) mass is 462 g/mol. The predicted octanol–water partition coefficient (Wildman–Crippen LogP) is 7.81. The van der Waals surface area contributed by atoms with Gasteiger partial charge in [0.05, 0.1) is 5.41 Å². The van der Waals surface area contributed by atoms with Gasteiger partial charge < -0.3 is 0 Å². The molecule has 0 amide bonds. The van der Waals surface area contributed by atoms with Crippen molar-refractivity contribution in [2.24, 2.45) is 0 Å². The lowest BCUT2D eigenvalue weighted by Gasteiger charge is -2.28. The molecule has 0 radical (unpaired) electrons. The van der Waals surface area contributed by atoms with Crippen LogP contribution in [0.2, 0.25) is 5.02 Å². The first-order chi connectivity index (χ1) is 16.5. The van der Waals surface area contributed by atoms with Gasteiger partial charge in [-0.1, -0.05) is 102 Å². The van der Waals surface area contributed by atoms with Crippen LogP contribution in [0.15, 0.2) is 109 Å². The standard InChI is InChI=1S/C32H29ClN/c1-24-13-15-25(16-14-24)17-20-31-32(22-26-9-5-3-6-10-26,23-27-11-7-4-8-12-27)29-21-28(33)18-19-30(29)34(31)2/h3-21H,22-23H2,1-2H3/q+1/b20-17+. The van der Waals surface area contributed by atoms with Gasteiger partial charge in [-0.05, 0) is 54.7 Å². The Morgan fingerprint density at radius 3 is 1.91 bits per heavy atom. The van der Waals surface area contributed by atoms with Crippen molar-refractivity contribution in [1.29, 1.82) is 0 Å². The number of hydrogen-bond acceptors (Lipinski definition) is 0. The molecule has 0 N–H and O–H groups in total. The summed E-state index contributed by atoms with van der Waals surface area (Å²) in [7, 11) is 2.18. The number of aryl methyl sites for hydroxylation is 1. The quantitative estimate of drug-likeness (QED) is 0.257. The second kappa shape index (κ2) is 9.44. The molecule has 4 aromatic carbocycles. The summed E-state index contributed by atoms with van der Waals surface area (Å²) >= 11 is 6.59. The van der Waals surface area contributed by atoms with Gasteiger partial charge in [0.15, 0.2) is 5.71 Å². The molecule has 1 nitrogen and oxygen atoms in total. The van der Waals surface area contributed by atoms with Gasteiger partial charge in [0.2, 0.25) is 5.69 Å². The Hall–Kier alpha value is -3.42. The summed E-state index contributed by atoms with van der Waals surface area (Å²) in [5, 5.41) is 0.779. The van der Waals surface area contributed by atoms with Crippen molar-refractivity contribution in [3.8, 4) is 0 Å². The van der Waals surface area contributed by atoms with Crippen molar-refractivity contribution in [1.82, 2.24) is 0 Å². The van der Waals surface area contributed by atoms with Crippen LogP contribution in [0.3, 0.4) is 0 Å². The SMILES string of the molecule is Cc1ccc(/C=C/C2=[N+](C)c3ccc(Cl)cc3C2(Cc2ccccc2)Cc2ccccc2)cc1. The van der Waals surface area contributed by atoms with Crippen LogP contribution in [-0.2, 0) is 18.3 Å². The van der Waals surface area contributed by atoms with E-state index >= 15 is 0 Å². The van der Waals surface area contributed by atoms with Crippen LogP contribution in [0.5, 0.6) is 0 Å². The molecular formula is C32H29ClN+. The molecule has 0 bridgehead atoms. The molecule has 4 aromatic rings. The molecule has 0 fully saturated rings. The van der Waals surface area contributed by atoms with Crippen molar-refractivity contribution in [3.05, 3.63) is 142 Å². The summed E-state index contributed by atoms with van der Waals surface area (Å²) in [4.78, 5) is 0. The topological polar surface area (TPSA) is 3.01 Å². The molecule has 0 aromatic heterocycles. The van der Waals surface area contributed by atoms with Crippen LogP contribution in [0.1, 0.15) is 27.8 Å². The minimum Gasteiger partial charge on any atom is -0.198 e. The lowest BCUT2D eigenvalue weighted by Crippen LogP contribution is -2.38. The maximum atomic E-state index is 6.59. The summed E-state index contributed by atoms with van der Waals surface area (Å²) in [6.45, 7) is 2.12. The zero-order chi connectivity index (χ0) is 23.5. The normalized spacial score (nSPS) is 14.6. The summed E-state index contributed by atoms with van der Waals surface area (Å²) in [6, 6.07) is 36.6. The van der Waals surface area contributed by atoms with Crippen molar-refractivity contribution in [3.63, 3.8) is 0 Å². The number of allylic oxidation sites excluding steroid dienone is 1. The van der Waals surface area contributed by atoms with Gasteiger partial charge in [0.25, 0.3) is 0 Å². The molecule has 1 heterocycles. The maximum absolute atomic E-state index is 6.59. The molecule has 0 aliphatic carbocycles. The van der Waals surface area contributed by atoms with Crippen molar-refractivity contribution < 1.29 is 4.58 Å². The van der Waals surface area contributed by atoms with E-state index in [0.717, 1.165) is 17.9 Å². The van der Waals surface area contributed by atoms with Gasteiger partial charge in [-0.15, -0.1) is 0 Å². The number of benzene rings is 4. The molecule has 0 spiro atoms. The summed E-state index contributed by atoms with van der Waals surface area (Å²) in [6.07, 6.45) is 6.34. The Balaban J connectivity index is 1.70. The van der Waals surface area contributed by atoms with E-state index in [1.165, 1.54) is 39.2 Å². The molecule has 0 atom stereocenters. The number of hydrogen-bond donors (Lipinski definition) is 0. The van der Waals surface area contributed by atoms with Gasteiger partial charge >= 0.3 is 0 Å². The largest absolute Gasteiger partial charge is 0.209 e. The highest BCUT2D eigenvalue weighted by atomic mass is 35.5. The van der Waals surface area contributed by atoms with Gasteiger partial charge in [0.1, 0.15) is 7.05 Å². The fourth-order valence-corrected chi connectivity index (χ4v) is 5.39. The molecule has 0 unspecified atom stereocenters. The number of nitrogens with zero attached hydrogens (tertiary/aromatic N) is 1. The van der Waals surface area contributed by atoms with E-state index in [1.54, 1.807) is 0 Å². The van der Waals surface area contributed by atoms with E-state index in [0.29, 0.717) is 0 Å². The van der Waals surface area contributed by atoms with Crippen LogP contribution < -0.4 is 0 Å². The molecule has 2 heteroatoms. The lowest BCUT2D eigenvalue weighted by atomic mass is 9.69. The summed E-state index contributed by atoms with van der Waals surface area (Å²) in [5.41, 5.74) is 8.68. The van der Waals surface area contributed by atoms with E-state index in [4.69, 9.17) is 11.6 Å². The molecule has 1 aliphatic rings. The molecule has 1 aliphatic heterocycles. The van der Waals surface area contributed by atoms with E-state index in [1.807, 2.05) is 6.07 Å². The van der Waals surface area contributed by atoms with Crippen molar-refractivity contribution >= 4 is 29.1 Å². The molecule has 5 rings (SSSR count). The number of halogens is 1. The van der Waals surface area contributed by atoms with Crippen molar-refractivity contribution in [2.45, 2.75) is 25.2 Å². The molecule has 0 saturated heterocycles. The Morgan fingerprint density at radius 2 is 1.32 bits per heavy atom. The minimum absolute atomic E-state index is 0.237. The third-order valence-electron chi connectivity index (χ3n) is 6.90. The second-order valence-corrected chi connectivity index (χ2v) is 9.69. The average molecular weight is 463 g/mol. The van der Waals surface area contributed by atoms with Crippen LogP contribution >= 0.6 is 11.6 Å². The number of rotatable bonds is 6. The molecule has 168 valence electrons. The van der Waals surface area contributed by atoms with Gasteiger partial charge in [-0.25, -0.2) is 0 Å². The fraction of sp³-hybridized carbons (Fsp3) is 0.156. The number of fused-ring (bicyclic) bond motifs is 1. The molecular weight excluding hydrogens is 434 g/mol. The Kier molecular flexibility index (Phi) is 6.22. The summed E-state index contributed by atoms with van der Waals surface area (Å²) < 4.78 is 2.35. The Bertz CT molecular complexity index is 1310. The van der Waals surface area contributed by atoms with Gasteiger partial charge in [-0.3, -0.25) is 0 Å². The van der Waals surface area contributed by atoms with Crippen LogP contribution in [0.25, 0.3) is 6.08 Å². The van der Waals surface area contributed by atoms with Crippen molar-refractivity contribution in [2.75, 3.05) is 7.05 Å². The lowest BCUT2D eigenvalue weighted by molar-refractivity contribution is -0.401. The second-order valence-electron chi connectivity index (χ2n) is 9.26. The highest BCUT2D eigenvalue weighted by Gasteiger charge is 2.50. The van der Waals surface area contributed by atoms with Gasteiger partial charge in [0, 0.05) is 22.7 Å². The average Bonchev–Trinajstić information content (AvgIpc) is 3.06. The van der Waals surface area contributed by atoms with Gasteiger partial charge in [-0.2, -0.15) is 4.58 Å². The third-order valence-corrected chi connectivity index (χ3v) is 7.13. The highest BCUT2D eigenvalue weighted by molar-refractivity contribution is 6.30. The molecule has 34 heavy (non-hydrogen) atoms. The van der Waals surface area contributed by atoms with E-state index < -0.39 is 0 Å². The fourth-order valence-electron chi connectivity index (χ4n) is 5.22. The first-order valence-electron chi connectivity index (χ1n) is 11.8. The highest BCUT2D eigenvalue weighted by Crippen LogP contribution is 2.45. The maximum Gasteiger partial charge on any atom is 0.209 e. The summed E-state index contributed by atoms with van der Waals surface area (Å²) in [5.74, 6) is 0. The molecule has 0 saturated carbocycles. The van der Waals surface area contributed by atoms with E-state index in [2.05, 4.69) is 128 Å². The Labute approximate surface area is 207 Å². The zero-order valence-corrected chi connectivity index (χ0v) is 20.5. The first-order valence-corrected chi connectivity index (χ1v) is 12.2. The van der Waals surface area contributed by atoms with Crippen LogP contribution in [0, 0.1) is 6.92 Å².